The summed E-state index contributed by atoms with van der Waals surface area (Å²) in [6.07, 6.45) is 3.76. The van der Waals surface area contributed by atoms with Gasteiger partial charge in [-0.05, 0) is 46.1 Å². The van der Waals surface area contributed by atoms with Gasteiger partial charge < -0.3 is 18.6 Å². The van der Waals surface area contributed by atoms with E-state index in [2.05, 4.69) is 39.9 Å². The van der Waals surface area contributed by atoms with Crippen molar-refractivity contribution in [2.24, 2.45) is 5.92 Å². The molecule has 1 aliphatic heterocycles. The summed E-state index contributed by atoms with van der Waals surface area (Å²) in [6, 6.07) is 7.95. The first-order valence-electron chi connectivity index (χ1n) is 10.2. The Hall–Kier alpha value is -3.19. The second kappa shape index (κ2) is 6.95. The minimum Gasteiger partial charge on any atom is -0.422 e. The fourth-order valence-corrected chi connectivity index (χ4v) is 4.32. The van der Waals surface area contributed by atoms with Gasteiger partial charge in [0.25, 0.3) is 0 Å². The van der Waals surface area contributed by atoms with E-state index in [1.165, 1.54) is 0 Å². The molecular weight excluding hydrogens is 378 g/mol. The number of imidazole rings is 1. The highest BCUT2D eigenvalue weighted by Crippen LogP contribution is 2.29. The molecule has 4 heterocycles. The van der Waals surface area contributed by atoms with Crippen LogP contribution >= 0.6 is 0 Å². The van der Waals surface area contributed by atoms with Gasteiger partial charge in [0.2, 0.25) is 0 Å². The number of hydrogen-bond donors (Lipinski definition) is 0. The largest absolute Gasteiger partial charge is 0.422 e. The van der Waals surface area contributed by atoms with Gasteiger partial charge >= 0.3 is 5.63 Å². The van der Waals surface area contributed by atoms with E-state index in [1.807, 2.05) is 48.8 Å². The lowest BCUT2D eigenvalue weighted by Gasteiger charge is -2.42. The standard InChI is InChI=1S/C23H25N5O2/c1-14-9-28-13-20(25-22(28)15(2)24-14)19-7-17-5-6-18(8-21(17)30-23(19)29)27-11-16(12-27)10-26(3)4/h5-9,13,16H,10-12H2,1-4H3. The van der Waals surface area contributed by atoms with Crippen molar-refractivity contribution in [3.63, 3.8) is 0 Å². The van der Waals surface area contributed by atoms with E-state index in [-0.39, 0.29) is 5.63 Å². The van der Waals surface area contributed by atoms with E-state index in [9.17, 15) is 4.79 Å². The van der Waals surface area contributed by atoms with Gasteiger partial charge in [-0.2, -0.15) is 0 Å². The van der Waals surface area contributed by atoms with Crippen LogP contribution in [0.15, 0.2) is 45.9 Å². The Morgan fingerprint density at radius 3 is 2.70 bits per heavy atom. The molecule has 5 rings (SSSR count). The molecule has 0 aliphatic carbocycles. The third kappa shape index (κ3) is 3.25. The molecule has 0 bridgehead atoms. The van der Waals surface area contributed by atoms with Crippen molar-refractivity contribution in [2.45, 2.75) is 13.8 Å². The van der Waals surface area contributed by atoms with E-state index in [0.29, 0.717) is 22.8 Å². The van der Waals surface area contributed by atoms with Crippen molar-refractivity contribution in [3.8, 4) is 11.3 Å². The van der Waals surface area contributed by atoms with Crippen LogP contribution in [0.4, 0.5) is 5.69 Å². The maximum Gasteiger partial charge on any atom is 0.345 e. The second-order valence-electron chi connectivity index (χ2n) is 8.53. The molecule has 0 unspecified atom stereocenters. The van der Waals surface area contributed by atoms with Gasteiger partial charge in [0.15, 0.2) is 5.65 Å². The molecule has 0 atom stereocenters. The van der Waals surface area contributed by atoms with Crippen molar-refractivity contribution in [2.75, 3.05) is 38.6 Å². The van der Waals surface area contributed by atoms with Crippen LogP contribution in [0.25, 0.3) is 27.9 Å². The van der Waals surface area contributed by atoms with Crippen molar-refractivity contribution in [3.05, 3.63) is 58.5 Å². The first-order valence-corrected chi connectivity index (χ1v) is 10.2. The van der Waals surface area contributed by atoms with Crippen LogP contribution in [0, 0.1) is 19.8 Å². The molecule has 0 saturated carbocycles. The molecule has 1 saturated heterocycles. The number of fused-ring (bicyclic) bond motifs is 2. The average Bonchev–Trinajstić information content (AvgIpc) is 3.07. The van der Waals surface area contributed by atoms with Gasteiger partial charge in [0.05, 0.1) is 22.6 Å². The molecule has 0 amide bonds. The maximum atomic E-state index is 12.7. The normalized spacial score (nSPS) is 14.8. The maximum absolute atomic E-state index is 12.7. The first-order chi connectivity index (χ1) is 14.4. The Balaban J connectivity index is 1.48. The number of nitrogens with zero attached hydrogens (tertiary/aromatic N) is 5. The Morgan fingerprint density at radius 2 is 1.93 bits per heavy atom. The SMILES string of the molecule is Cc1cn2cc(-c3cc4ccc(N5CC(CN(C)C)C5)cc4oc3=O)nc2c(C)n1. The lowest BCUT2D eigenvalue weighted by Crippen LogP contribution is -2.50. The summed E-state index contributed by atoms with van der Waals surface area (Å²) < 4.78 is 7.60. The van der Waals surface area contributed by atoms with E-state index in [0.717, 1.165) is 47.7 Å². The summed E-state index contributed by atoms with van der Waals surface area (Å²) in [5.41, 5.74) is 4.87. The quantitative estimate of drug-likeness (QED) is 0.488. The molecule has 1 fully saturated rings. The Kier molecular flexibility index (Phi) is 4.36. The lowest BCUT2D eigenvalue weighted by atomic mass is 9.98. The molecule has 30 heavy (non-hydrogen) atoms. The third-order valence-corrected chi connectivity index (χ3v) is 5.67. The van der Waals surface area contributed by atoms with E-state index >= 15 is 0 Å². The predicted molar refractivity (Wildman–Crippen MR) is 118 cm³/mol. The van der Waals surface area contributed by atoms with E-state index < -0.39 is 0 Å². The van der Waals surface area contributed by atoms with Crippen LogP contribution in [-0.2, 0) is 0 Å². The highest BCUT2D eigenvalue weighted by atomic mass is 16.4. The summed E-state index contributed by atoms with van der Waals surface area (Å²) in [6.45, 7) is 7.01. The molecule has 4 aromatic rings. The second-order valence-corrected chi connectivity index (χ2v) is 8.53. The van der Waals surface area contributed by atoms with Crippen molar-refractivity contribution in [1.82, 2.24) is 19.3 Å². The Morgan fingerprint density at radius 1 is 1.13 bits per heavy atom. The molecule has 0 N–H and O–H groups in total. The summed E-state index contributed by atoms with van der Waals surface area (Å²) in [5.74, 6) is 0.682. The zero-order valence-corrected chi connectivity index (χ0v) is 17.7. The summed E-state index contributed by atoms with van der Waals surface area (Å²) >= 11 is 0. The number of aromatic nitrogens is 3. The highest BCUT2D eigenvalue weighted by molar-refractivity contribution is 5.84. The first kappa shape index (κ1) is 18.8. The highest BCUT2D eigenvalue weighted by Gasteiger charge is 2.27. The van der Waals surface area contributed by atoms with E-state index in [4.69, 9.17) is 4.42 Å². The van der Waals surface area contributed by atoms with Gasteiger partial charge in [-0.15, -0.1) is 0 Å². The smallest absolute Gasteiger partial charge is 0.345 e. The molecule has 0 spiro atoms. The van der Waals surface area contributed by atoms with Crippen LogP contribution < -0.4 is 10.5 Å². The van der Waals surface area contributed by atoms with Gasteiger partial charge in [0.1, 0.15) is 5.58 Å². The number of hydrogen-bond acceptors (Lipinski definition) is 6. The number of benzene rings is 1. The molecule has 3 aromatic heterocycles. The average molecular weight is 403 g/mol. The topological polar surface area (TPSA) is 66.9 Å². The number of anilines is 1. The van der Waals surface area contributed by atoms with Crippen molar-refractivity contribution in [1.29, 1.82) is 0 Å². The Bertz CT molecular complexity index is 1310. The van der Waals surface area contributed by atoms with Crippen LogP contribution in [0.3, 0.4) is 0 Å². The minimum atomic E-state index is -0.375. The monoisotopic (exact) mass is 403 g/mol. The molecule has 1 aromatic carbocycles. The van der Waals surface area contributed by atoms with Crippen LogP contribution in [-0.4, -0.2) is 53.0 Å². The minimum absolute atomic E-state index is 0.375. The molecule has 1 aliphatic rings. The van der Waals surface area contributed by atoms with Crippen LogP contribution in [0.5, 0.6) is 0 Å². The molecule has 7 nitrogen and oxygen atoms in total. The summed E-state index contributed by atoms with van der Waals surface area (Å²) in [5, 5.41) is 0.891. The van der Waals surface area contributed by atoms with E-state index in [1.54, 1.807) is 0 Å². The zero-order chi connectivity index (χ0) is 21.0. The number of rotatable bonds is 4. The van der Waals surface area contributed by atoms with Crippen molar-refractivity contribution >= 4 is 22.3 Å². The van der Waals surface area contributed by atoms with Gasteiger partial charge in [-0.25, -0.2) is 9.78 Å². The zero-order valence-electron chi connectivity index (χ0n) is 17.7. The lowest BCUT2D eigenvalue weighted by molar-refractivity contribution is 0.283. The van der Waals surface area contributed by atoms with Crippen molar-refractivity contribution < 1.29 is 4.42 Å². The fraction of sp³-hybridized carbons (Fsp3) is 0.348. The molecule has 7 heteroatoms. The number of aryl methyl sites for hydroxylation is 2. The van der Waals surface area contributed by atoms with Gasteiger partial charge in [-0.3, -0.25) is 4.98 Å². The van der Waals surface area contributed by atoms with Gasteiger partial charge in [0, 0.05) is 55.1 Å². The third-order valence-electron chi connectivity index (χ3n) is 5.67. The summed E-state index contributed by atoms with van der Waals surface area (Å²) in [7, 11) is 4.21. The predicted octanol–water partition coefficient (Wildman–Crippen LogP) is 3.12. The molecular formula is C23H25N5O2. The van der Waals surface area contributed by atoms with Gasteiger partial charge in [-0.1, -0.05) is 0 Å². The Labute approximate surface area is 174 Å². The van der Waals surface area contributed by atoms with Crippen LogP contribution in [0.1, 0.15) is 11.4 Å². The summed E-state index contributed by atoms with van der Waals surface area (Å²) in [4.78, 5) is 26.4. The van der Waals surface area contributed by atoms with Crippen LogP contribution in [0.2, 0.25) is 0 Å². The molecule has 154 valence electrons. The fourth-order valence-electron chi connectivity index (χ4n) is 4.32. The molecule has 0 radical (unpaired) electrons.